The summed E-state index contributed by atoms with van der Waals surface area (Å²) < 4.78 is 112. The molecule has 8 rings (SSSR count). The predicted molar refractivity (Wildman–Crippen MR) is 531 cm³/mol. The summed E-state index contributed by atoms with van der Waals surface area (Å²) in [7, 11) is -4.20. The maximum Gasteiger partial charge on any atom is 0.470 e. The Morgan fingerprint density at radius 1 is 0.447 bits per heavy atom. The van der Waals surface area contributed by atoms with Crippen LogP contribution in [0.1, 0.15) is 113 Å². The maximum absolute atomic E-state index is 12.7. The number of halogens is 4. The number of amides is 10. The molecule has 0 bridgehead atoms. The van der Waals surface area contributed by atoms with E-state index in [2.05, 4.69) is 76.5 Å². The zero-order valence-electron chi connectivity index (χ0n) is 77.1. The van der Waals surface area contributed by atoms with Crippen LogP contribution in [0.5, 0.6) is 0 Å². The lowest BCUT2D eigenvalue weighted by Crippen LogP contribution is -2.38. The summed E-state index contributed by atoms with van der Waals surface area (Å²) >= 11 is 22.9. The summed E-state index contributed by atoms with van der Waals surface area (Å²) in [5.74, 6) is 3.65. The van der Waals surface area contributed by atoms with Crippen molar-refractivity contribution in [1.29, 1.82) is 0 Å². The van der Waals surface area contributed by atoms with E-state index in [1.165, 1.54) is 34.0 Å². The van der Waals surface area contributed by atoms with E-state index in [9.17, 15) is 96.4 Å². The van der Waals surface area contributed by atoms with Gasteiger partial charge < -0.3 is 152 Å². The van der Waals surface area contributed by atoms with Crippen LogP contribution < -0.4 is 76.0 Å². The first-order valence-electron chi connectivity index (χ1n) is 45.1. The Hall–Kier alpha value is -3.94. The summed E-state index contributed by atoms with van der Waals surface area (Å²) in [6, 6.07) is 0.676. The lowest BCUT2D eigenvalue weighted by molar-refractivity contribution is -0.123. The van der Waals surface area contributed by atoms with Crippen molar-refractivity contribution in [3.05, 3.63) is 44.5 Å². The number of aryl methyl sites for hydroxylation is 2. The van der Waals surface area contributed by atoms with Gasteiger partial charge in [0.1, 0.15) is 48.3 Å². The molecule has 6 aliphatic heterocycles. The highest BCUT2D eigenvalue weighted by Crippen LogP contribution is 2.74. The number of carbonyl (C=O) groups is 8. The van der Waals surface area contributed by atoms with Gasteiger partial charge in [-0.3, -0.25) is 56.1 Å². The van der Waals surface area contributed by atoms with Crippen molar-refractivity contribution in [1.82, 2.24) is 72.3 Å². The van der Waals surface area contributed by atoms with Crippen molar-refractivity contribution in [3.8, 4) is 0 Å². The van der Waals surface area contributed by atoms with E-state index >= 15 is 0 Å². The number of aromatic nitrogens is 4. The van der Waals surface area contributed by atoms with Crippen LogP contribution in [-0.4, -0.2) is 371 Å². The third-order valence-electron chi connectivity index (χ3n) is 20.7. The minimum absolute atomic E-state index is 0.00393. The van der Waals surface area contributed by atoms with Gasteiger partial charge in [-0.25, -0.2) is 32.6 Å². The van der Waals surface area contributed by atoms with Crippen molar-refractivity contribution < 1.29 is 157 Å². The van der Waals surface area contributed by atoms with Crippen LogP contribution in [-0.2, 0) is 121 Å². The molecule has 808 valence electrons. The second-order valence-corrected chi connectivity index (χ2v) is 50.5. The summed E-state index contributed by atoms with van der Waals surface area (Å²) in [5, 5.41) is 70.1. The second-order valence-electron chi connectivity index (χ2n) is 31.5. The van der Waals surface area contributed by atoms with Crippen molar-refractivity contribution in [3.63, 3.8) is 0 Å². The molecule has 22 N–H and O–H groups in total. The first-order chi connectivity index (χ1) is 67.2. The number of rotatable bonds is 72. The highest BCUT2D eigenvalue weighted by molar-refractivity contribution is 8.77. The van der Waals surface area contributed by atoms with Crippen LogP contribution in [0.3, 0.4) is 0 Å². The van der Waals surface area contributed by atoms with Crippen molar-refractivity contribution >= 4 is 199 Å². The number of unbranched alkanes of at least 4 members (excludes halogenated alkanes) is 2. The number of nitrogens with zero attached hydrogens (tertiary/aromatic N) is 4. The molecule has 65 heteroatoms. The van der Waals surface area contributed by atoms with E-state index in [-0.39, 0.29) is 129 Å². The molecule has 10 amide bonds. The normalized spacial score (nSPS) is 21.9. The number of carbonyl (C=O) groups excluding carboxylic acids is 8. The Kier molecular flexibility index (Phi) is 61.9. The molecule has 6 saturated heterocycles. The zero-order chi connectivity index (χ0) is 103. The summed E-state index contributed by atoms with van der Waals surface area (Å²) in [4.78, 5) is 165. The number of urea groups is 2. The Bertz CT molecular complexity index is 4430. The van der Waals surface area contributed by atoms with Crippen LogP contribution in [0, 0.1) is 0 Å². The van der Waals surface area contributed by atoms with Gasteiger partial charge in [-0.2, -0.15) is 33.5 Å². The largest absolute Gasteiger partial charge is 0.470 e. The van der Waals surface area contributed by atoms with E-state index in [1.54, 1.807) is 21.6 Å². The van der Waals surface area contributed by atoms with Gasteiger partial charge >= 0.3 is 51.2 Å². The van der Waals surface area contributed by atoms with E-state index in [0.717, 1.165) is 59.2 Å². The lowest BCUT2D eigenvalue weighted by Gasteiger charge is -2.21. The molecule has 0 spiro atoms. The summed E-state index contributed by atoms with van der Waals surface area (Å²) in [5.41, 5.74) is 10.9. The maximum atomic E-state index is 12.7. The van der Waals surface area contributed by atoms with Crippen molar-refractivity contribution in [2.75, 3.05) is 204 Å². The van der Waals surface area contributed by atoms with E-state index in [0.29, 0.717) is 208 Å². The molecule has 141 heavy (non-hydrogen) atoms. The first kappa shape index (κ1) is 126. The van der Waals surface area contributed by atoms with Gasteiger partial charge in [0.25, 0.3) is 0 Å². The van der Waals surface area contributed by atoms with Crippen LogP contribution in [0.4, 0.5) is 21.2 Å². The molecule has 2 aromatic rings. The minimum Gasteiger partial charge on any atom is -0.394 e. The highest BCUT2D eigenvalue weighted by Gasteiger charge is 2.51. The van der Waals surface area contributed by atoms with Gasteiger partial charge in [-0.15, -0.1) is 0 Å². The number of phosphoric acid groups is 2. The lowest BCUT2D eigenvalue weighted by atomic mass is 10.0. The quantitative estimate of drug-likeness (QED) is 0.0194. The van der Waals surface area contributed by atoms with Gasteiger partial charge in [-0.05, 0) is 96.3 Å². The number of aliphatic hydroxyl groups excluding tert-OH is 4. The molecular weight excluding hydrogens is 2160 g/mol. The zero-order valence-corrected chi connectivity index (χ0v) is 88.6. The molecule has 0 aliphatic carbocycles. The average molecular weight is 2290 g/mol. The SMILES string of the molecule is Nc1nc(=O)n([C@@H]2O[C@H](CO)C(O)[C@@H]2O)cc1CCCNC(=O)CCSSCCNC(=O)CCOCCOCCOCCOCCNC(=O)CCCC[C@@H]1SC[C@@H]2NC(=O)N[C@@H]21.Nc1nc(=O)n([C@@H]2O[C@H](COP(=O)(O)O)C(OP(=O)(O)O)[C@@H]2O)cc1CCCNC(=O)CCSSCCNC(=O)CCOCCOCCOCCOCCNC(=O)CCCC[C@@H]1SC[C@@H]2NC(=O)N[C@@H]21.O=P(Cl)(Cl)OP(=O)(Cl)Cl. The first-order valence-corrected chi connectivity index (χ1v) is 62.1. The van der Waals surface area contributed by atoms with E-state index in [1.807, 2.05) is 23.5 Å². The minimum atomic E-state index is -5.24. The molecule has 14 atom stereocenters. The Labute approximate surface area is 857 Å². The molecule has 0 saturated carbocycles. The Balaban J connectivity index is 0.000000399. The number of nitrogens with two attached hydrogens (primary N) is 2. The van der Waals surface area contributed by atoms with E-state index < -0.39 is 101 Å². The number of fused-ring (bicyclic) bond motifs is 2. The number of anilines is 2. The van der Waals surface area contributed by atoms with Gasteiger partial charge in [-0.1, -0.05) is 56.0 Å². The standard InChI is InChI=1S/C38H66N8O19P2S3.C38H64N8O13S3.Cl4O3P2/c39-35-25(22-46(38(52)45-35)36-33(50)34(65-67(56,57)58)27(64-36)23-63-66(53,54)55)4-3-9-40-31(49)8-20-69-70-21-11-42-30(48)7-12-59-14-16-61-18-19-62-17-15-60-13-10-41-29(47)6-2-1-5-28-32-26(24-68-28)43-37(51)44-32;39-35-25(22-46(38(54)45-35)36-34(52)33(51)27(23-47)59-36)4-3-9-40-31(50)8-20-61-62-21-11-42-30(49)7-12-55-14-16-57-18-19-58-17-15-56-13-10-41-29(48)6-2-1-5-28-32-26(24-60-28)43-37(53)44-32;1-8(2,5)7-9(3,4)6/h22,26-28,32-34,36,50H,1-21,23-24H2,(H,40,49)(H,41,47)(H,42,48)(H2,39,45,52)(H2,43,44,51)(H2,53,54,55)(H2,56,57,58);22,26-28,32-34,36,47,51-52H,1-21,23-24H2,(H,40,50)(H,41,48)(H,42,49)(H2,39,45,54)(H2,43,44,53);/t26-,27+,28-,32-,33-,34?,36+;26-,27+,28-,32-,33?,34-,36+;/m00./s1. The second kappa shape index (κ2) is 69.4. The number of thioether (sulfide) groups is 2. The third kappa shape index (κ3) is 53.9. The molecule has 2 aromatic heterocycles. The van der Waals surface area contributed by atoms with Gasteiger partial charge in [0, 0.05) is 146 Å². The molecule has 2 unspecified atom stereocenters. The number of nitrogens with one attached hydrogen (secondary N) is 10. The van der Waals surface area contributed by atoms with Crippen LogP contribution in [0.15, 0.2) is 22.0 Å². The molecule has 0 radical (unpaired) electrons. The number of hydrogen-bond donors (Lipinski definition) is 20. The van der Waals surface area contributed by atoms with Crippen molar-refractivity contribution in [2.45, 2.75) is 186 Å². The van der Waals surface area contributed by atoms with Gasteiger partial charge in [0.15, 0.2) is 12.5 Å². The number of ether oxygens (including phenoxy) is 10. The van der Waals surface area contributed by atoms with E-state index in [4.69, 9.17) is 114 Å². The Morgan fingerprint density at radius 3 is 1.18 bits per heavy atom. The fourth-order valence-corrected chi connectivity index (χ4v) is 26.9. The van der Waals surface area contributed by atoms with Crippen LogP contribution in [0.25, 0.3) is 0 Å². The monoisotopic (exact) mass is 2280 g/mol. The highest BCUT2D eigenvalue weighted by atomic mass is 35.9. The fourth-order valence-electron chi connectivity index (χ4n) is 14.0. The molecule has 8 heterocycles. The summed E-state index contributed by atoms with van der Waals surface area (Å²) in [6.45, 7) is 7.00. The van der Waals surface area contributed by atoms with Crippen LogP contribution >= 0.6 is 139 Å². The average Bonchev–Trinajstić information content (AvgIpc) is 1.63. The molecule has 6 fully saturated rings. The smallest absolute Gasteiger partial charge is 0.394 e. The molecule has 51 nitrogen and oxygen atoms in total. The Morgan fingerprint density at radius 2 is 0.801 bits per heavy atom. The fraction of sp³-hybridized carbons (Fsp3) is 0.789. The van der Waals surface area contributed by atoms with Gasteiger partial charge in [0.05, 0.1) is 143 Å². The molecule has 6 aliphatic rings. The van der Waals surface area contributed by atoms with Crippen LogP contribution in [0.2, 0.25) is 0 Å². The molecule has 0 aromatic carbocycles. The number of hydrogen-bond acceptors (Lipinski definition) is 41. The topological polar surface area (TPSA) is 729 Å². The van der Waals surface area contributed by atoms with Gasteiger partial charge in [0.2, 0.25) is 35.4 Å². The number of nitrogen functional groups attached to an aromatic ring is 2. The number of phosphoric ester groups is 2. The predicted octanol–water partition coefficient (Wildman–Crippen LogP) is 1.75. The van der Waals surface area contributed by atoms with Crippen molar-refractivity contribution in [2.24, 2.45) is 0 Å². The summed E-state index contributed by atoms with van der Waals surface area (Å²) in [6.07, 6.45) is -8.28. The third-order valence-corrected chi connectivity index (χ3v) is 33.3. The molecular formula is C76H130Cl4N16O35P4S6. The number of aliphatic hydroxyl groups is 4.